The summed E-state index contributed by atoms with van der Waals surface area (Å²) in [5, 5.41) is 11.1. The summed E-state index contributed by atoms with van der Waals surface area (Å²) in [5.74, 6) is -0.140. The number of rotatable bonds is 4. The molecular formula is C14H19FN2O3S. The number of halogens is 1. The van der Waals surface area contributed by atoms with Gasteiger partial charge in [0, 0.05) is 29.6 Å². The normalized spacial score (nSPS) is 21.3. The van der Waals surface area contributed by atoms with Crippen LogP contribution in [-0.2, 0) is 10.8 Å². The van der Waals surface area contributed by atoms with Crippen LogP contribution in [0.5, 0.6) is 0 Å². The molecule has 0 amide bonds. The summed E-state index contributed by atoms with van der Waals surface area (Å²) in [6.45, 7) is 4.97. The van der Waals surface area contributed by atoms with E-state index in [0.717, 1.165) is 18.9 Å². The highest BCUT2D eigenvalue weighted by Crippen LogP contribution is 2.35. The van der Waals surface area contributed by atoms with E-state index in [1.807, 2.05) is 18.7 Å². The molecule has 0 spiro atoms. The predicted octanol–water partition coefficient (Wildman–Crippen LogP) is 2.86. The number of hydrogen-bond donors (Lipinski definition) is 0. The van der Waals surface area contributed by atoms with Gasteiger partial charge in [-0.25, -0.2) is 4.39 Å². The molecule has 0 N–H and O–H groups in total. The third kappa shape index (κ3) is 2.92. The molecule has 0 aromatic heterocycles. The summed E-state index contributed by atoms with van der Waals surface area (Å²) in [6, 6.07) is 3.62. The third-order valence-corrected chi connectivity index (χ3v) is 6.50. The first-order chi connectivity index (χ1) is 9.93. The van der Waals surface area contributed by atoms with Crippen molar-refractivity contribution in [2.45, 2.75) is 31.4 Å². The van der Waals surface area contributed by atoms with Gasteiger partial charge < -0.3 is 4.90 Å². The average molecular weight is 314 g/mol. The maximum atomic E-state index is 13.2. The molecule has 0 saturated carbocycles. The molecule has 0 aliphatic carbocycles. The molecule has 0 bridgehead atoms. The second kappa shape index (κ2) is 6.09. The lowest BCUT2D eigenvalue weighted by atomic mass is 10.0. The van der Waals surface area contributed by atoms with Gasteiger partial charge in [-0.1, -0.05) is 13.8 Å². The first-order valence-electron chi connectivity index (χ1n) is 7.01. The first kappa shape index (κ1) is 15.9. The number of nitro benzene ring substituents is 1. The van der Waals surface area contributed by atoms with Crippen LogP contribution in [0.15, 0.2) is 18.2 Å². The minimum atomic E-state index is -0.938. The molecular weight excluding hydrogens is 295 g/mol. The van der Waals surface area contributed by atoms with Crippen molar-refractivity contribution in [1.82, 2.24) is 0 Å². The van der Waals surface area contributed by atoms with Gasteiger partial charge >= 0.3 is 0 Å². The van der Waals surface area contributed by atoms with Crippen LogP contribution in [-0.4, -0.2) is 32.7 Å². The molecule has 1 heterocycles. The molecule has 1 unspecified atom stereocenters. The predicted molar refractivity (Wildman–Crippen MR) is 81.6 cm³/mol. The Morgan fingerprint density at radius 2 is 2.10 bits per heavy atom. The molecule has 7 heteroatoms. The van der Waals surface area contributed by atoms with Gasteiger partial charge in [0.2, 0.25) is 0 Å². The summed E-state index contributed by atoms with van der Waals surface area (Å²) < 4.78 is 25.2. The number of nitro groups is 1. The molecule has 2 rings (SSSR count). The van der Waals surface area contributed by atoms with E-state index < -0.39 is 21.5 Å². The largest absolute Gasteiger partial charge is 0.364 e. The quantitative estimate of drug-likeness (QED) is 0.633. The van der Waals surface area contributed by atoms with Crippen molar-refractivity contribution in [3.63, 3.8) is 0 Å². The maximum absolute atomic E-state index is 13.2. The van der Waals surface area contributed by atoms with Crippen molar-refractivity contribution in [2.24, 2.45) is 0 Å². The highest BCUT2D eigenvalue weighted by molar-refractivity contribution is 7.86. The minimum absolute atomic E-state index is 0.233. The Bertz CT molecular complexity index is 575. The van der Waals surface area contributed by atoms with Crippen LogP contribution in [0.25, 0.3) is 0 Å². The smallest absolute Gasteiger partial charge is 0.295 e. The maximum Gasteiger partial charge on any atom is 0.295 e. The summed E-state index contributed by atoms with van der Waals surface area (Å²) in [7, 11) is -0.938. The SMILES string of the molecule is CCC1(CC)CN(c2ccc(F)cc2[N+](=O)[O-])CCS1=O. The fraction of sp³-hybridized carbons (Fsp3) is 0.571. The zero-order chi connectivity index (χ0) is 15.6. The highest BCUT2D eigenvalue weighted by atomic mass is 32.2. The fourth-order valence-corrected chi connectivity index (χ4v) is 4.58. The lowest BCUT2D eigenvalue weighted by Crippen LogP contribution is -2.53. The summed E-state index contributed by atoms with van der Waals surface area (Å²) in [5.41, 5.74) is 0.174. The van der Waals surface area contributed by atoms with Crippen LogP contribution < -0.4 is 4.90 Å². The molecule has 0 radical (unpaired) electrons. The second-order valence-corrected chi connectivity index (χ2v) is 7.22. The zero-order valence-electron chi connectivity index (χ0n) is 12.2. The van der Waals surface area contributed by atoms with Crippen molar-refractivity contribution in [3.8, 4) is 0 Å². The highest BCUT2D eigenvalue weighted by Gasteiger charge is 2.40. The minimum Gasteiger partial charge on any atom is -0.364 e. The van der Waals surface area contributed by atoms with Gasteiger partial charge in [0.1, 0.15) is 11.5 Å². The van der Waals surface area contributed by atoms with E-state index in [2.05, 4.69) is 0 Å². The standard InChI is InChI=1S/C14H19FN2O3S/c1-3-14(4-2)10-16(7-8-21(14)20)12-6-5-11(15)9-13(12)17(18)19/h5-6,9H,3-4,7-8,10H2,1-2H3. The average Bonchev–Trinajstić information content (AvgIpc) is 2.48. The molecule has 5 nitrogen and oxygen atoms in total. The van der Waals surface area contributed by atoms with Crippen molar-refractivity contribution >= 4 is 22.2 Å². The topological polar surface area (TPSA) is 63.4 Å². The van der Waals surface area contributed by atoms with E-state index >= 15 is 0 Å². The number of anilines is 1. The van der Waals surface area contributed by atoms with Crippen LogP contribution in [0.4, 0.5) is 15.8 Å². The van der Waals surface area contributed by atoms with E-state index in [1.54, 1.807) is 0 Å². The molecule has 1 fully saturated rings. The third-order valence-electron chi connectivity index (χ3n) is 4.27. The van der Waals surface area contributed by atoms with Crippen molar-refractivity contribution in [2.75, 3.05) is 23.7 Å². The van der Waals surface area contributed by atoms with Crippen LogP contribution in [0.1, 0.15) is 26.7 Å². The lowest BCUT2D eigenvalue weighted by molar-refractivity contribution is -0.384. The van der Waals surface area contributed by atoms with E-state index in [9.17, 15) is 18.7 Å². The van der Waals surface area contributed by atoms with E-state index in [-0.39, 0.29) is 10.4 Å². The molecule has 1 saturated heterocycles. The number of hydrogen-bond acceptors (Lipinski definition) is 4. The van der Waals surface area contributed by atoms with Crippen LogP contribution >= 0.6 is 0 Å². The van der Waals surface area contributed by atoms with E-state index in [4.69, 9.17) is 0 Å². The number of benzene rings is 1. The Morgan fingerprint density at radius 1 is 1.43 bits per heavy atom. The summed E-state index contributed by atoms with van der Waals surface area (Å²) >= 11 is 0. The molecule has 1 aromatic carbocycles. The molecule has 21 heavy (non-hydrogen) atoms. The Morgan fingerprint density at radius 3 is 2.67 bits per heavy atom. The van der Waals surface area contributed by atoms with Crippen molar-refractivity contribution in [1.29, 1.82) is 0 Å². The van der Waals surface area contributed by atoms with Gasteiger partial charge in [-0.05, 0) is 25.0 Å². The van der Waals surface area contributed by atoms with Crippen LogP contribution in [0, 0.1) is 15.9 Å². The Kier molecular flexibility index (Phi) is 4.61. The molecule has 116 valence electrons. The Hall–Kier alpha value is -1.50. The van der Waals surface area contributed by atoms with Gasteiger partial charge in [-0.3, -0.25) is 14.3 Å². The van der Waals surface area contributed by atoms with Crippen LogP contribution in [0.3, 0.4) is 0 Å². The van der Waals surface area contributed by atoms with Crippen molar-refractivity contribution < 1.29 is 13.5 Å². The monoisotopic (exact) mass is 314 g/mol. The zero-order valence-corrected chi connectivity index (χ0v) is 13.0. The lowest BCUT2D eigenvalue weighted by Gasteiger charge is -2.41. The Labute approximate surface area is 125 Å². The molecule has 1 aliphatic heterocycles. The fourth-order valence-electron chi connectivity index (χ4n) is 2.82. The van der Waals surface area contributed by atoms with Crippen molar-refractivity contribution in [3.05, 3.63) is 34.1 Å². The Balaban J connectivity index is 2.39. The van der Waals surface area contributed by atoms with Gasteiger partial charge in [-0.15, -0.1) is 0 Å². The molecule has 1 atom stereocenters. The van der Waals surface area contributed by atoms with Gasteiger partial charge in [0.15, 0.2) is 0 Å². The number of nitrogens with zero attached hydrogens (tertiary/aromatic N) is 2. The summed E-state index contributed by atoms with van der Waals surface area (Å²) in [6.07, 6.45) is 1.50. The summed E-state index contributed by atoms with van der Waals surface area (Å²) in [4.78, 5) is 12.4. The van der Waals surface area contributed by atoms with Gasteiger partial charge in [0.25, 0.3) is 5.69 Å². The second-order valence-electron chi connectivity index (χ2n) is 5.25. The van der Waals surface area contributed by atoms with Gasteiger partial charge in [-0.2, -0.15) is 0 Å². The van der Waals surface area contributed by atoms with Crippen LogP contribution in [0.2, 0.25) is 0 Å². The first-order valence-corrected chi connectivity index (χ1v) is 8.33. The molecule has 1 aromatic rings. The molecule has 1 aliphatic rings. The van der Waals surface area contributed by atoms with Gasteiger partial charge in [0.05, 0.1) is 15.7 Å². The van der Waals surface area contributed by atoms with E-state index in [1.165, 1.54) is 12.1 Å². The van der Waals surface area contributed by atoms with E-state index in [0.29, 0.717) is 24.5 Å².